The monoisotopic (exact) mass is 1050 g/mol. The van der Waals surface area contributed by atoms with Crippen LogP contribution in [-0.2, 0) is 14.4 Å². The summed E-state index contributed by atoms with van der Waals surface area (Å²) in [5.41, 5.74) is 0.481. The Hall–Kier alpha value is -6.91. The maximum Gasteiger partial charge on any atom is 0.344 e. The third kappa shape index (κ3) is 12.9. The first kappa shape index (κ1) is 54.4. The molecule has 72 heavy (non-hydrogen) atoms. The van der Waals surface area contributed by atoms with Crippen LogP contribution in [0.4, 0.5) is 0 Å². The first-order chi connectivity index (χ1) is 34.4. The summed E-state index contributed by atoms with van der Waals surface area (Å²) in [7, 11) is 0. The van der Waals surface area contributed by atoms with Crippen molar-refractivity contribution in [3.8, 4) is 17.2 Å². The Morgan fingerprint density at radius 2 is 0.833 bits per heavy atom. The molecule has 0 saturated carbocycles. The lowest BCUT2D eigenvalue weighted by Crippen LogP contribution is -2.27. The van der Waals surface area contributed by atoms with E-state index in [2.05, 4.69) is 0 Å². The number of carboxylic acid groups (broad SMARTS) is 3. The highest BCUT2D eigenvalue weighted by atomic mass is 35.5. The van der Waals surface area contributed by atoms with Crippen molar-refractivity contribution in [3.63, 3.8) is 0 Å². The van der Waals surface area contributed by atoms with Gasteiger partial charge in [-0.15, -0.1) is 34.0 Å². The van der Waals surface area contributed by atoms with Gasteiger partial charge in [0.05, 0.1) is 0 Å². The molecule has 0 amide bonds. The van der Waals surface area contributed by atoms with E-state index in [1.54, 1.807) is 62.4 Å². The molecule has 3 heterocycles. The molecule has 0 saturated heterocycles. The Morgan fingerprint density at radius 3 is 1.21 bits per heavy atom. The van der Waals surface area contributed by atoms with Gasteiger partial charge in [0.25, 0.3) is 0 Å². The smallest absolute Gasteiger partial charge is 0.344 e. The fourth-order valence-corrected chi connectivity index (χ4v) is 10.8. The van der Waals surface area contributed by atoms with Crippen LogP contribution in [0, 0.1) is 5.41 Å². The van der Waals surface area contributed by atoms with E-state index in [4.69, 9.17) is 25.8 Å². The first-order valence-electron chi connectivity index (χ1n) is 23.1. The maximum atomic E-state index is 12.9. The van der Waals surface area contributed by atoms with Crippen molar-refractivity contribution in [1.29, 1.82) is 0 Å². The second kappa shape index (κ2) is 24.5. The highest BCUT2D eigenvalue weighted by Crippen LogP contribution is 2.43. The zero-order chi connectivity index (χ0) is 52.3. The van der Waals surface area contributed by atoms with Crippen LogP contribution in [0.3, 0.4) is 0 Å². The van der Waals surface area contributed by atoms with Crippen molar-refractivity contribution in [2.24, 2.45) is 5.41 Å². The highest BCUT2D eigenvalue weighted by Gasteiger charge is 2.32. The van der Waals surface area contributed by atoms with E-state index in [1.165, 1.54) is 34.0 Å². The van der Waals surface area contributed by atoms with Gasteiger partial charge in [-0.05, 0) is 79.9 Å². The molecule has 3 atom stereocenters. The molecule has 16 heteroatoms. The minimum atomic E-state index is -1.05. The SMILES string of the molecule is CCC(Oc1c(C(=O)C(C)(C)C)sc2ccccc12)C(=O)O.CCC(Oc1c(C(=O)c2ccc(Cl)cc2)sc2ccccc12)C(=O)O.CCCC(Oc1c(C(=O)c2ccccc2)sc2ccccc12)C(=O)O. The van der Waals surface area contributed by atoms with Crippen LogP contribution in [0.5, 0.6) is 17.2 Å². The van der Waals surface area contributed by atoms with Gasteiger partial charge < -0.3 is 29.5 Å². The summed E-state index contributed by atoms with van der Waals surface area (Å²) in [5, 5.41) is 30.8. The van der Waals surface area contributed by atoms with E-state index in [0.29, 0.717) is 73.7 Å². The number of ketones is 3. The van der Waals surface area contributed by atoms with Gasteiger partial charge in [0.2, 0.25) is 11.6 Å². The summed E-state index contributed by atoms with van der Waals surface area (Å²) >= 11 is 9.86. The van der Waals surface area contributed by atoms with Crippen LogP contribution >= 0.6 is 45.6 Å². The molecule has 0 aliphatic rings. The predicted octanol–water partition coefficient (Wildman–Crippen LogP) is 14.2. The molecule has 8 rings (SSSR count). The normalized spacial score (nSPS) is 12.4. The standard InChI is InChI=1S/C20H18O4S.C19H15ClO4S.C17H20O4S/c1-2-8-15(20(22)23)24-18-14-11-6-7-12-16(14)25-19(18)17(21)13-9-4-3-5-10-13;1-2-14(19(22)23)24-17-13-5-3-4-6-15(13)25-18(17)16(21)11-7-9-12(20)10-8-11;1-5-11(16(19)20)21-13-10-8-6-7-9-12(10)22-14(13)15(18)17(2,3)4/h3-7,9-12,15H,2,8H2,1H3,(H,22,23);3-10,14H,2H2,1H3,(H,22,23);6-9,11H,5H2,1-4H3,(H,19,20). The molecule has 0 aliphatic carbocycles. The van der Waals surface area contributed by atoms with Crippen LogP contribution in [0.1, 0.15) is 107 Å². The summed E-state index contributed by atoms with van der Waals surface area (Å²) < 4.78 is 20.0. The second-order valence-electron chi connectivity index (χ2n) is 17.3. The minimum Gasteiger partial charge on any atom is -0.479 e. The fraction of sp³-hybridized carbons (Fsp3) is 0.250. The molecular formula is C56H53ClO12S3. The largest absolute Gasteiger partial charge is 0.479 e. The van der Waals surface area contributed by atoms with E-state index in [9.17, 15) is 44.1 Å². The predicted molar refractivity (Wildman–Crippen MR) is 286 cm³/mol. The van der Waals surface area contributed by atoms with E-state index in [0.717, 1.165) is 30.3 Å². The first-order valence-corrected chi connectivity index (χ1v) is 25.9. The zero-order valence-corrected chi connectivity index (χ0v) is 43.5. The van der Waals surface area contributed by atoms with E-state index in [-0.39, 0.29) is 17.3 Å². The van der Waals surface area contributed by atoms with Crippen molar-refractivity contribution in [2.45, 2.75) is 85.5 Å². The molecule has 0 radical (unpaired) electrons. The molecular weight excluding hydrogens is 996 g/mol. The van der Waals surface area contributed by atoms with Crippen molar-refractivity contribution >= 4 is 111 Å². The Kier molecular flexibility index (Phi) is 18.5. The topological polar surface area (TPSA) is 191 Å². The molecule has 3 aromatic heterocycles. The summed E-state index contributed by atoms with van der Waals surface area (Å²) in [6, 6.07) is 38.0. The molecule has 12 nitrogen and oxygen atoms in total. The van der Waals surface area contributed by atoms with Gasteiger partial charge in [0.15, 0.2) is 24.1 Å². The average molecular weight is 1050 g/mol. The number of benzene rings is 5. The van der Waals surface area contributed by atoms with Gasteiger partial charge in [-0.25, -0.2) is 14.4 Å². The number of aliphatic carboxylic acids is 3. The number of thiophene rings is 3. The Balaban J connectivity index is 0.000000177. The second-order valence-corrected chi connectivity index (χ2v) is 20.9. The van der Waals surface area contributed by atoms with Crippen molar-refractivity contribution in [1.82, 2.24) is 0 Å². The van der Waals surface area contributed by atoms with Gasteiger partial charge in [-0.3, -0.25) is 14.4 Å². The third-order valence-electron chi connectivity index (χ3n) is 11.0. The highest BCUT2D eigenvalue weighted by molar-refractivity contribution is 7.22. The van der Waals surface area contributed by atoms with Crippen LogP contribution < -0.4 is 14.2 Å². The summed E-state index contributed by atoms with van der Waals surface area (Å²) in [4.78, 5) is 74.0. The van der Waals surface area contributed by atoms with Gasteiger partial charge in [-0.1, -0.05) is 126 Å². The number of fused-ring (bicyclic) bond motifs is 3. The molecule has 0 aliphatic heterocycles. The molecule has 0 spiro atoms. The number of hydrogen-bond acceptors (Lipinski definition) is 12. The minimum absolute atomic E-state index is 0.0380. The van der Waals surface area contributed by atoms with Gasteiger partial charge >= 0.3 is 17.9 Å². The average Bonchev–Trinajstić information content (AvgIpc) is 4.05. The molecule has 374 valence electrons. The lowest BCUT2D eigenvalue weighted by atomic mass is 9.89. The van der Waals surface area contributed by atoms with Crippen molar-refractivity contribution in [2.75, 3.05) is 0 Å². The summed E-state index contributed by atoms with van der Waals surface area (Å²) in [6.45, 7) is 10.9. The zero-order valence-electron chi connectivity index (χ0n) is 40.3. The number of hydrogen-bond donors (Lipinski definition) is 3. The molecule has 0 bridgehead atoms. The molecule has 5 aromatic carbocycles. The van der Waals surface area contributed by atoms with E-state index in [1.807, 2.05) is 107 Å². The molecule has 0 fully saturated rings. The van der Waals surface area contributed by atoms with Crippen molar-refractivity contribution in [3.05, 3.63) is 158 Å². The quantitative estimate of drug-likeness (QED) is 0.0690. The lowest BCUT2D eigenvalue weighted by molar-refractivity contribution is -0.146. The Morgan fingerprint density at radius 1 is 0.486 bits per heavy atom. The number of rotatable bonds is 18. The maximum absolute atomic E-state index is 12.9. The number of halogens is 1. The van der Waals surface area contributed by atoms with Crippen molar-refractivity contribution < 1.29 is 58.3 Å². The molecule has 3 N–H and O–H groups in total. The Bertz CT molecular complexity index is 3210. The Labute approximate surface area is 433 Å². The summed E-state index contributed by atoms with van der Waals surface area (Å²) in [6.07, 6.45) is -1.22. The van der Waals surface area contributed by atoms with Crippen LogP contribution in [0.2, 0.25) is 5.02 Å². The van der Waals surface area contributed by atoms with Gasteiger partial charge in [0.1, 0.15) is 31.9 Å². The number of carbonyl (C=O) groups excluding carboxylic acids is 3. The van der Waals surface area contributed by atoms with E-state index < -0.39 is 41.6 Å². The van der Waals surface area contributed by atoms with Gasteiger partial charge in [0, 0.05) is 51.8 Å². The van der Waals surface area contributed by atoms with Crippen LogP contribution in [0.25, 0.3) is 30.3 Å². The molecule has 3 unspecified atom stereocenters. The third-order valence-corrected chi connectivity index (χ3v) is 14.7. The van der Waals surface area contributed by atoms with Gasteiger partial charge in [-0.2, -0.15) is 0 Å². The number of ether oxygens (including phenoxy) is 3. The summed E-state index contributed by atoms with van der Waals surface area (Å²) in [5.74, 6) is -2.40. The number of Topliss-reactive ketones (excluding diaryl/α,β-unsaturated/α-hetero) is 1. The van der Waals surface area contributed by atoms with Crippen LogP contribution in [-0.4, -0.2) is 68.9 Å². The van der Waals surface area contributed by atoms with Crippen LogP contribution in [0.15, 0.2) is 127 Å². The lowest BCUT2D eigenvalue weighted by Gasteiger charge is -2.18. The number of carboxylic acids is 3. The molecule has 8 aromatic rings. The fourth-order valence-electron chi connectivity index (χ4n) is 7.20. The van der Waals surface area contributed by atoms with E-state index >= 15 is 0 Å². The number of carbonyl (C=O) groups is 6.